The molecule has 0 fully saturated rings. The number of ether oxygens (including phenoxy) is 1. The van der Waals surface area contributed by atoms with E-state index in [0.717, 1.165) is 16.6 Å². The summed E-state index contributed by atoms with van der Waals surface area (Å²) in [7, 11) is 0. The minimum atomic E-state index is 0.864. The molecule has 2 heteroatoms. The van der Waals surface area contributed by atoms with Gasteiger partial charge in [0.05, 0.1) is 6.26 Å². The molecule has 64 valence electrons. The van der Waals surface area contributed by atoms with Gasteiger partial charge in [0.2, 0.25) is 0 Å². The first-order valence-electron chi connectivity index (χ1n) is 3.90. The average molecular weight is 227 g/mol. The molecule has 0 radical (unpaired) electrons. The molecule has 0 heterocycles. The van der Waals surface area contributed by atoms with Crippen molar-refractivity contribution >= 4 is 15.9 Å². The van der Waals surface area contributed by atoms with Crippen LogP contribution in [0.25, 0.3) is 0 Å². The molecule has 0 aromatic heterocycles. The Morgan fingerprint density at radius 2 is 2.00 bits per heavy atom. The Morgan fingerprint density at radius 3 is 2.58 bits per heavy atom. The van der Waals surface area contributed by atoms with E-state index < -0.39 is 0 Å². The van der Waals surface area contributed by atoms with Crippen LogP contribution in [-0.4, -0.2) is 0 Å². The third kappa shape index (κ3) is 3.09. The molecule has 0 saturated heterocycles. The monoisotopic (exact) mass is 226 g/mol. The van der Waals surface area contributed by atoms with Gasteiger partial charge in [-0.25, -0.2) is 0 Å². The SMILES string of the molecule is CCC=COc1ccc(Br)cc1. The lowest BCUT2D eigenvalue weighted by atomic mass is 10.3. The first kappa shape index (κ1) is 9.33. The first-order chi connectivity index (χ1) is 5.83. The summed E-state index contributed by atoms with van der Waals surface area (Å²) in [5, 5.41) is 0. The van der Waals surface area contributed by atoms with Crippen LogP contribution in [0.1, 0.15) is 13.3 Å². The van der Waals surface area contributed by atoms with Crippen molar-refractivity contribution in [3.63, 3.8) is 0 Å². The number of hydrogen-bond donors (Lipinski definition) is 0. The number of halogens is 1. The molecular formula is C10H11BrO. The van der Waals surface area contributed by atoms with Crippen molar-refractivity contribution in [3.05, 3.63) is 41.1 Å². The van der Waals surface area contributed by atoms with Crippen molar-refractivity contribution in [1.29, 1.82) is 0 Å². The highest BCUT2D eigenvalue weighted by molar-refractivity contribution is 9.10. The van der Waals surface area contributed by atoms with Crippen molar-refractivity contribution < 1.29 is 4.74 Å². The zero-order chi connectivity index (χ0) is 8.81. The van der Waals surface area contributed by atoms with Crippen LogP contribution in [0.2, 0.25) is 0 Å². The van der Waals surface area contributed by atoms with E-state index in [4.69, 9.17) is 4.74 Å². The normalized spacial score (nSPS) is 10.5. The van der Waals surface area contributed by atoms with Gasteiger partial charge in [0.15, 0.2) is 0 Å². The second kappa shape index (κ2) is 4.99. The van der Waals surface area contributed by atoms with Gasteiger partial charge >= 0.3 is 0 Å². The minimum Gasteiger partial charge on any atom is -0.465 e. The molecule has 0 aliphatic rings. The van der Waals surface area contributed by atoms with Crippen LogP contribution in [0.4, 0.5) is 0 Å². The van der Waals surface area contributed by atoms with Crippen molar-refractivity contribution in [3.8, 4) is 5.75 Å². The maximum Gasteiger partial charge on any atom is 0.126 e. The maximum absolute atomic E-state index is 5.30. The molecule has 0 spiro atoms. The third-order valence-corrected chi connectivity index (χ3v) is 1.88. The van der Waals surface area contributed by atoms with Gasteiger partial charge in [0.1, 0.15) is 5.75 Å². The Hall–Kier alpha value is -0.760. The number of allylic oxidation sites excluding steroid dienone is 1. The topological polar surface area (TPSA) is 9.23 Å². The molecule has 1 nitrogen and oxygen atoms in total. The molecule has 0 atom stereocenters. The molecule has 1 aromatic rings. The van der Waals surface area contributed by atoms with Gasteiger partial charge in [-0.05, 0) is 36.8 Å². The smallest absolute Gasteiger partial charge is 0.126 e. The van der Waals surface area contributed by atoms with Crippen LogP contribution in [-0.2, 0) is 0 Å². The average Bonchev–Trinajstić information content (AvgIpc) is 2.09. The van der Waals surface area contributed by atoms with E-state index in [1.807, 2.05) is 30.3 Å². The van der Waals surface area contributed by atoms with Crippen LogP contribution in [0.15, 0.2) is 41.1 Å². The standard InChI is InChI=1S/C10H11BrO/c1-2-3-8-12-10-6-4-9(11)5-7-10/h3-8H,2H2,1H3. The Bertz CT molecular complexity index is 251. The Kier molecular flexibility index (Phi) is 3.88. The summed E-state index contributed by atoms with van der Waals surface area (Å²) in [5.74, 6) is 0.864. The van der Waals surface area contributed by atoms with Gasteiger partial charge < -0.3 is 4.74 Å². The predicted molar refractivity (Wildman–Crippen MR) is 54.2 cm³/mol. The van der Waals surface area contributed by atoms with E-state index in [2.05, 4.69) is 22.9 Å². The molecule has 0 amide bonds. The van der Waals surface area contributed by atoms with Gasteiger partial charge in [-0.15, -0.1) is 0 Å². The fraction of sp³-hybridized carbons (Fsp3) is 0.200. The molecule has 0 saturated carbocycles. The summed E-state index contributed by atoms with van der Waals surface area (Å²) in [6.07, 6.45) is 4.68. The minimum absolute atomic E-state index is 0.864. The van der Waals surface area contributed by atoms with Gasteiger partial charge in [-0.3, -0.25) is 0 Å². The molecule has 1 rings (SSSR count). The lowest BCUT2D eigenvalue weighted by molar-refractivity contribution is 0.479. The van der Waals surface area contributed by atoms with Crippen molar-refractivity contribution in [2.75, 3.05) is 0 Å². The lowest BCUT2D eigenvalue weighted by Crippen LogP contribution is -1.80. The second-order valence-electron chi connectivity index (χ2n) is 2.35. The Labute approximate surface area is 81.2 Å². The summed E-state index contributed by atoms with van der Waals surface area (Å²) in [6, 6.07) is 7.75. The quantitative estimate of drug-likeness (QED) is 0.714. The fourth-order valence-electron chi connectivity index (χ4n) is 0.736. The highest BCUT2D eigenvalue weighted by Crippen LogP contribution is 2.16. The zero-order valence-electron chi connectivity index (χ0n) is 6.96. The number of hydrogen-bond acceptors (Lipinski definition) is 1. The maximum atomic E-state index is 5.30. The second-order valence-corrected chi connectivity index (χ2v) is 3.27. The summed E-state index contributed by atoms with van der Waals surface area (Å²) in [4.78, 5) is 0. The van der Waals surface area contributed by atoms with Gasteiger partial charge in [0, 0.05) is 4.47 Å². The predicted octanol–water partition coefficient (Wildman–Crippen LogP) is 3.75. The Morgan fingerprint density at radius 1 is 1.33 bits per heavy atom. The largest absolute Gasteiger partial charge is 0.465 e. The molecule has 12 heavy (non-hydrogen) atoms. The summed E-state index contributed by atoms with van der Waals surface area (Å²) in [6.45, 7) is 2.07. The van der Waals surface area contributed by atoms with Gasteiger partial charge in [-0.1, -0.05) is 22.9 Å². The van der Waals surface area contributed by atoms with E-state index in [1.54, 1.807) is 6.26 Å². The molecule has 0 aliphatic carbocycles. The van der Waals surface area contributed by atoms with Crippen molar-refractivity contribution in [2.45, 2.75) is 13.3 Å². The molecule has 0 N–H and O–H groups in total. The van der Waals surface area contributed by atoms with Gasteiger partial charge in [-0.2, -0.15) is 0 Å². The first-order valence-corrected chi connectivity index (χ1v) is 4.69. The van der Waals surface area contributed by atoms with Crippen molar-refractivity contribution in [1.82, 2.24) is 0 Å². The summed E-state index contributed by atoms with van der Waals surface area (Å²) < 4.78 is 6.36. The highest BCUT2D eigenvalue weighted by Gasteiger charge is 1.88. The molecule has 0 bridgehead atoms. The van der Waals surface area contributed by atoms with Crippen LogP contribution < -0.4 is 4.74 Å². The molecule has 0 unspecified atom stereocenters. The molecular weight excluding hydrogens is 216 g/mol. The number of rotatable bonds is 3. The fourth-order valence-corrected chi connectivity index (χ4v) is 1.00. The van der Waals surface area contributed by atoms with Crippen LogP contribution in [0.5, 0.6) is 5.75 Å². The molecule has 1 aromatic carbocycles. The Balaban J connectivity index is 2.53. The van der Waals surface area contributed by atoms with Gasteiger partial charge in [0.25, 0.3) is 0 Å². The van der Waals surface area contributed by atoms with Crippen LogP contribution in [0, 0.1) is 0 Å². The number of benzene rings is 1. The summed E-state index contributed by atoms with van der Waals surface area (Å²) >= 11 is 3.35. The van der Waals surface area contributed by atoms with E-state index in [9.17, 15) is 0 Å². The lowest BCUT2D eigenvalue weighted by Gasteiger charge is -1.98. The van der Waals surface area contributed by atoms with Crippen LogP contribution in [0.3, 0.4) is 0 Å². The van der Waals surface area contributed by atoms with Crippen LogP contribution >= 0.6 is 15.9 Å². The highest BCUT2D eigenvalue weighted by atomic mass is 79.9. The van der Waals surface area contributed by atoms with E-state index in [1.165, 1.54) is 0 Å². The van der Waals surface area contributed by atoms with Crippen molar-refractivity contribution in [2.24, 2.45) is 0 Å². The van der Waals surface area contributed by atoms with E-state index in [0.29, 0.717) is 0 Å². The third-order valence-electron chi connectivity index (χ3n) is 1.35. The van der Waals surface area contributed by atoms with E-state index in [-0.39, 0.29) is 0 Å². The summed E-state index contributed by atoms with van der Waals surface area (Å²) in [5.41, 5.74) is 0. The van der Waals surface area contributed by atoms with E-state index >= 15 is 0 Å². The zero-order valence-corrected chi connectivity index (χ0v) is 8.54. The molecule has 0 aliphatic heterocycles.